The fourth-order valence-corrected chi connectivity index (χ4v) is 4.58. The number of nitrogens with zero attached hydrogens (tertiary/aromatic N) is 1. The predicted octanol–water partition coefficient (Wildman–Crippen LogP) is 4.30. The molecule has 0 bridgehead atoms. The lowest BCUT2D eigenvalue weighted by molar-refractivity contribution is 0.00276. The van der Waals surface area contributed by atoms with Gasteiger partial charge in [-0.05, 0) is 30.6 Å². The van der Waals surface area contributed by atoms with Gasteiger partial charge in [-0.3, -0.25) is 4.90 Å². The van der Waals surface area contributed by atoms with Crippen LogP contribution in [0.4, 0.5) is 0 Å². The second kappa shape index (κ2) is 7.97. The Morgan fingerprint density at radius 2 is 1.81 bits per heavy atom. The van der Waals surface area contributed by atoms with E-state index < -0.39 is 0 Å². The second-order valence-corrected chi connectivity index (χ2v) is 7.93. The SMILES string of the molecule is CCC(C)C1CN(C2CCCCC2CC)C(C(C)C)CN1. The van der Waals surface area contributed by atoms with Gasteiger partial charge in [-0.25, -0.2) is 0 Å². The van der Waals surface area contributed by atoms with Crippen LogP contribution in [0.1, 0.15) is 73.1 Å². The van der Waals surface area contributed by atoms with Crippen LogP contribution in [0.15, 0.2) is 0 Å². The summed E-state index contributed by atoms with van der Waals surface area (Å²) in [4.78, 5) is 2.94. The quantitative estimate of drug-likeness (QED) is 0.813. The molecule has 5 atom stereocenters. The summed E-state index contributed by atoms with van der Waals surface area (Å²) in [6.45, 7) is 14.4. The van der Waals surface area contributed by atoms with Crippen LogP contribution in [0.5, 0.6) is 0 Å². The molecule has 1 saturated carbocycles. The Bertz CT molecular complexity index is 302. The van der Waals surface area contributed by atoms with Crippen LogP contribution >= 0.6 is 0 Å². The molecule has 0 aromatic rings. The normalized spacial score (nSPS) is 36.9. The minimum absolute atomic E-state index is 0.699. The minimum atomic E-state index is 0.699. The van der Waals surface area contributed by atoms with Gasteiger partial charge in [0.05, 0.1) is 0 Å². The van der Waals surface area contributed by atoms with E-state index in [-0.39, 0.29) is 0 Å². The van der Waals surface area contributed by atoms with E-state index in [4.69, 9.17) is 0 Å². The fraction of sp³-hybridized carbons (Fsp3) is 1.00. The summed E-state index contributed by atoms with van der Waals surface area (Å²) in [7, 11) is 0. The summed E-state index contributed by atoms with van der Waals surface area (Å²) in [6.07, 6.45) is 8.47. The van der Waals surface area contributed by atoms with Crippen molar-refractivity contribution in [2.75, 3.05) is 13.1 Å². The molecule has 1 heterocycles. The number of rotatable bonds is 5. The summed E-state index contributed by atoms with van der Waals surface area (Å²) < 4.78 is 0. The summed E-state index contributed by atoms with van der Waals surface area (Å²) in [6, 6.07) is 2.29. The first kappa shape index (κ1) is 17.3. The molecule has 2 fully saturated rings. The minimum Gasteiger partial charge on any atom is -0.311 e. The molecule has 0 spiro atoms. The van der Waals surface area contributed by atoms with Gasteiger partial charge in [-0.15, -0.1) is 0 Å². The highest BCUT2D eigenvalue weighted by Gasteiger charge is 2.38. The standard InChI is InChI=1S/C19H38N2/c1-6-15(5)17-13-21(19(12-20-17)14(3)4)18-11-9-8-10-16(18)7-2/h14-20H,6-13H2,1-5H3. The highest BCUT2D eigenvalue weighted by atomic mass is 15.3. The van der Waals surface area contributed by atoms with E-state index in [1.54, 1.807) is 0 Å². The Kier molecular flexibility index (Phi) is 6.55. The zero-order valence-corrected chi connectivity index (χ0v) is 15.1. The van der Waals surface area contributed by atoms with Gasteiger partial charge in [0.25, 0.3) is 0 Å². The van der Waals surface area contributed by atoms with Crippen molar-refractivity contribution in [1.82, 2.24) is 10.2 Å². The van der Waals surface area contributed by atoms with Crippen molar-refractivity contribution in [2.24, 2.45) is 17.8 Å². The first-order chi connectivity index (χ1) is 10.1. The van der Waals surface area contributed by atoms with Crippen molar-refractivity contribution in [3.05, 3.63) is 0 Å². The summed E-state index contributed by atoms with van der Waals surface area (Å²) in [5, 5.41) is 3.86. The van der Waals surface area contributed by atoms with E-state index >= 15 is 0 Å². The zero-order valence-electron chi connectivity index (χ0n) is 15.1. The molecule has 0 radical (unpaired) electrons. The van der Waals surface area contributed by atoms with Crippen LogP contribution in [-0.4, -0.2) is 36.1 Å². The molecule has 1 aliphatic carbocycles. The van der Waals surface area contributed by atoms with E-state index in [1.807, 2.05) is 0 Å². The first-order valence-electron chi connectivity index (χ1n) is 9.57. The molecule has 2 heteroatoms. The smallest absolute Gasteiger partial charge is 0.0247 e. The molecule has 2 nitrogen and oxygen atoms in total. The molecular formula is C19H38N2. The van der Waals surface area contributed by atoms with Crippen molar-refractivity contribution in [1.29, 1.82) is 0 Å². The monoisotopic (exact) mass is 294 g/mol. The van der Waals surface area contributed by atoms with E-state index in [1.165, 1.54) is 51.6 Å². The lowest BCUT2D eigenvalue weighted by Gasteiger charge is -2.51. The summed E-state index contributed by atoms with van der Waals surface area (Å²) >= 11 is 0. The third-order valence-electron chi connectivity index (χ3n) is 6.34. The van der Waals surface area contributed by atoms with Gasteiger partial charge in [0.1, 0.15) is 0 Å². The van der Waals surface area contributed by atoms with Crippen LogP contribution in [0, 0.1) is 17.8 Å². The Balaban J connectivity index is 2.12. The molecule has 1 N–H and O–H groups in total. The van der Waals surface area contributed by atoms with Gasteiger partial charge in [0.15, 0.2) is 0 Å². The van der Waals surface area contributed by atoms with Crippen LogP contribution < -0.4 is 5.32 Å². The molecule has 0 amide bonds. The lowest BCUT2D eigenvalue weighted by Crippen LogP contribution is -2.63. The van der Waals surface area contributed by atoms with Crippen molar-refractivity contribution < 1.29 is 0 Å². The molecule has 1 aliphatic heterocycles. The fourth-order valence-electron chi connectivity index (χ4n) is 4.58. The molecule has 5 unspecified atom stereocenters. The predicted molar refractivity (Wildman–Crippen MR) is 92.6 cm³/mol. The van der Waals surface area contributed by atoms with Gasteiger partial charge >= 0.3 is 0 Å². The Labute approximate surface area is 133 Å². The topological polar surface area (TPSA) is 15.3 Å². The second-order valence-electron chi connectivity index (χ2n) is 7.93. The average Bonchev–Trinajstić information content (AvgIpc) is 2.53. The lowest BCUT2D eigenvalue weighted by atomic mass is 9.79. The Hall–Kier alpha value is -0.0800. The number of hydrogen-bond donors (Lipinski definition) is 1. The molecule has 124 valence electrons. The Morgan fingerprint density at radius 3 is 2.43 bits per heavy atom. The average molecular weight is 295 g/mol. The van der Waals surface area contributed by atoms with Gasteiger partial charge < -0.3 is 5.32 Å². The van der Waals surface area contributed by atoms with Gasteiger partial charge in [-0.2, -0.15) is 0 Å². The van der Waals surface area contributed by atoms with Gasteiger partial charge in [-0.1, -0.05) is 60.3 Å². The molecular weight excluding hydrogens is 256 g/mol. The molecule has 2 aliphatic rings. The van der Waals surface area contributed by atoms with E-state index in [0.29, 0.717) is 6.04 Å². The number of nitrogens with one attached hydrogen (secondary N) is 1. The number of piperazine rings is 1. The zero-order chi connectivity index (χ0) is 15.4. The van der Waals surface area contributed by atoms with Crippen molar-refractivity contribution in [3.63, 3.8) is 0 Å². The van der Waals surface area contributed by atoms with Crippen molar-refractivity contribution in [3.8, 4) is 0 Å². The van der Waals surface area contributed by atoms with E-state index in [2.05, 4.69) is 44.8 Å². The van der Waals surface area contributed by atoms with Crippen molar-refractivity contribution in [2.45, 2.75) is 91.3 Å². The maximum absolute atomic E-state index is 3.86. The van der Waals surface area contributed by atoms with Crippen LogP contribution in [0.2, 0.25) is 0 Å². The largest absolute Gasteiger partial charge is 0.311 e. The maximum Gasteiger partial charge on any atom is 0.0247 e. The van der Waals surface area contributed by atoms with E-state index in [0.717, 1.165) is 29.8 Å². The number of hydrogen-bond acceptors (Lipinski definition) is 2. The summed E-state index contributed by atoms with van der Waals surface area (Å²) in [5.74, 6) is 2.50. The first-order valence-corrected chi connectivity index (χ1v) is 9.57. The third-order valence-corrected chi connectivity index (χ3v) is 6.34. The molecule has 0 aromatic carbocycles. The Morgan fingerprint density at radius 1 is 1.10 bits per heavy atom. The highest BCUT2D eigenvalue weighted by Crippen LogP contribution is 2.34. The molecule has 0 aromatic heterocycles. The van der Waals surface area contributed by atoms with Crippen LogP contribution in [0.25, 0.3) is 0 Å². The van der Waals surface area contributed by atoms with Gasteiger partial charge in [0.2, 0.25) is 0 Å². The van der Waals surface area contributed by atoms with Gasteiger partial charge in [0, 0.05) is 31.2 Å². The van der Waals surface area contributed by atoms with Crippen LogP contribution in [-0.2, 0) is 0 Å². The molecule has 2 rings (SSSR count). The van der Waals surface area contributed by atoms with E-state index in [9.17, 15) is 0 Å². The van der Waals surface area contributed by atoms with Crippen molar-refractivity contribution >= 4 is 0 Å². The highest BCUT2D eigenvalue weighted by molar-refractivity contribution is 4.95. The van der Waals surface area contributed by atoms with Crippen LogP contribution in [0.3, 0.4) is 0 Å². The third kappa shape index (κ3) is 4.01. The summed E-state index contributed by atoms with van der Waals surface area (Å²) in [5.41, 5.74) is 0. The maximum atomic E-state index is 3.86. The molecule has 1 saturated heterocycles. The molecule has 21 heavy (non-hydrogen) atoms.